The molecule has 0 bridgehead atoms. The molecule has 1 aliphatic rings. The van der Waals surface area contributed by atoms with Gasteiger partial charge < -0.3 is 5.73 Å². The van der Waals surface area contributed by atoms with Crippen LogP contribution in [-0.2, 0) is 0 Å². The summed E-state index contributed by atoms with van der Waals surface area (Å²) in [6.07, 6.45) is 1.61. The fourth-order valence-corrected chi connectivity index (χ4v) is 2.70. The molecule has 1 saturated carbocycles. The average Bonchev–Trinajstić information content (AvgIpc) is 2.91. The Labute approximate surface area is 107 Å². The van der Waals surface area contributed by atoms with Crippen molar-refractivity contribution in [2.75, 3.05) is 5.73 Å². The second-order valence-electron chi connectivity index (χ2n) is 4.71. The molecule has 7 heteroatoms. The summed E-state index contributed by atoms with van der Waals surface area (Å²) < 4.78 is 28.7. The van der Waals surface area contributed by atoms with Gasteiger partial charge in [0, 0.05) is 5.92 Å². The summed E-state index contributed by atoms with van der Waals surface area (Å²) in [5.74, 6) is -0.890. The van der Waals surface area contributed by atoms with E-state index in [1.807, 2.05) is 6.07 Å². The summed E-state index contributed by atoms with van der Waals surface area (Å²) in [6.45, 7) is 0. The van der Waals surface area contributed by atoms with Crippen molar-refractivity contribution in [1.82, 2.24) is 14.6 Å². The molecule has 5 nitrogen and oxygen atoms in total. The van der Waals surface area contributed by atoms with Gasteiger partial charge in [-0.2, -0.15) is 5.26 Å². The molecular weight excluding hydrogens is 252 g/mol. The van der Waals surface area contributed by atoms with Crippen molar-refractivity contribution in [2.45, 2.75) is 31.4 Å². The second-order valence-corrected chi connectivity index (χ2v) is 4.71. The normalized spacial score (nSPS) is 22.8. The smallest absolute Gasteiger partial charge is 0.238 e. The van der Waals surface area contributed by atoms with Crippen LogP contribution >= 0.6 is 0 Å². The predicted molar refractivity (Wildman–Crippen MR) is 63.6 cm³/mol. The first-order valence-corrected chi connectivity index (χ1v) is 5.98. The number of hydrogen-bond acceptors (Lipinski definition) is 4. The summed E-state index contributed by atoms with van der Waals surface area (Å²) in [5.41, 5.74) is 5.92. The molecule has 0 amide bonds. The van der Waals surface area contributed by atoms with E-state index in [0.717, 1.165) is 0 Å². The van der Waals surface area contributed by atoms with Crippen LogP contribution in [-0.4, -0.2) is 20.8 Å². The zero-order valence-electron chi connectivity index (χ0n) is 9.98. The summed E-state index contributed by atoms with van der Waals surface area (Å²) in [6, 6.07) is 1.84. The van der Waals surface area contributed by atoms with Crippen molar-refractivity contribution in [3.8, 4) is 6.07 Å². The molecule has 1 fully saturated rings. The first-order chi connectivity index (χ1) is 9.11. The van der Waals surface area contributed by atoms with E-state index in [2.05, 4.69) is 10.1 Å². The van der Waals surface area contributed by atoms with Crippen LogP contribution in [0.4, 0.5) is 14.7 Å². The summed E-state index contributed by atoms with van der Waals surface area (Å²) in [4.78, 5) is 3.72. The van der Waals surface area contributed by atoms with E-state index in [9.17, 15) is 8.78 Å². The minimum atomic E-state index is -0.913. The fraction of sp³-hybridized carbons (Fsp3) is 0.417. The van der Waals surface area contributed by atoms with Crippen LogP contribution in [0.2, 0.25) is 0 Å². The minimum Gasteiger partial charge on any atom is -0.367 e. The van der Waals surface area contributed by atoms with E-state index in [4.69, 9.17) is 11.0 Å². The average molecular weight is 263 g/mol. The molecule has 3 rings (SSSR count). The lowest BCUT2D eigenvalue weighted by Gasteiger charge is -2.09. The van der Waals surface area contributed by atoms with Crippen LogP contribution in [0.15, 0.2) is 6.20 Å². The van der Waals surface area contributed by atoms with Gasteiger partial charge in [0.15, 0.2) is 5.82 Å². The van der Waals surface area contributed by atoms with Gasteiger partial charge in [0.05, 0.1) is 11.9 Å². The van der Waals surface area contributed by atoms with E-state index in [1.54, 1.807) is 0 Å². The Morgan fingerprint density at radius 1 is 1.47 bits per heavy atom. The maximum Gasteiger partial charge on any atom is 0.238 e. The zero-order valence-corrected chi connectivity index (χ0v) is 9.98. The quantitative estimate of drug-likeness (QED) is 0.852. The van der Waals surface area contributed by atoms with E-state index < -0.39 is 12.0 Å². The van der Waals surface area contributed by atoms with Crippen molar-refractivity contribution in [1.29, 1.82) is 5.26 Å². The van der Waals surface area contributed by atoms with Gasteiger partial charge in [0.1, 0.15) is 23.3 Å². The first-order valence-electron chi connectivity index (χ1n) is 5.98. The van der Waals surface area contributed by atoms with Gasteiger partial charge in [-0.1, -0.05) is 0 Å². The maximum atomic E-state index is 14.1. The van der Waals surface area contributed by atoms with Crippen molar-refractivity contribution >= 4 is 11.5 Å². The number of nitrogens with zero attached hydrogens (tertiary/aromatic N) is 4. The Bertz CT molecular complexity index is 687. The Balaban J connectivity index is 2.27. The van der Waals surface area contributed by atoms with E-state index in [-0.39, 0.29) is 29.4 Å². The Kier molecular flexibility index (Phi) is 2.59. The van der Waals surface area contributed by atoms with Crippen LogP contribution in [0, 0.1) is 17.1 Å². The molecule has 2 aromatic heterocycles. The SMILES string of the molecule is N#Cc1c(F)c2cnc(N)nn2c1C1CCC(F)C1. The number of hydrogen-bond donors (Lipinski definition) is 1. The molecule has 0 saturated heterocycles. The highest BCUT2D eigenvalue weighted by atomic mass is 19.1. The molecule has 0 radical (unpaired) electrons. The fourth-order valence-electron chi connectivity index (χ4n) is 2.70. The number of nitriles is 1. The van der Waals surface area contributed by atoms with Crippen LogP contribution in [0.25, 0.3) is 5.52 Å². The van der Waals surface area contributed by atoms with E-state index >= 15 is 0 Å². The molecule has 0 spiro atoms. The number of nitrogen functional groups attached to an aromatic ring is 1. The Morgan fingerprint density at radius 3 is 2.89 bits per heavy atom. The molecular formula is C12H11F2N5. The lowest BCUT2D eigenvalue weighted by Crippen LogP contribution is -2.07. The molecule has 2 unspecified atom stereocenters. The predicted octanol–water partition coefficient (Wildman–Crippen LogP) is 1.93. The molecule has 2 heterocycles. The van der Waals surface area contributed by atoms with Crippen LogP contribution in [0.1, 0.15) is 36.4 Å². The lowest BCUT2D eigenvalue weighted by atomic mass is 10.0. The van der Waals surface area contributed by atoms with Gasteiger partial charge in [-0.25, -0.2) is 18.3 Å². The van der Waals surface area contributed by atoms with Gasteiger partial charge >= 0.3 is 0 Å². The minimum absolute atomic E-state index is 0.0111. The van der Waals surface area contributed by atoms with Crippen LogP contribution in [0.3, 0.4) is 0 Å². The van der Waals surface area contributed by atoms with Crippen molar-refractivity contribution < 1.29 is 8.78 Å². The number of alkyl halides is 1. The van der Waals surface area contributed by atoms with Crippen molar-refractivity contribution in [2.24, 2.45) is 0 Å². The van der Waals surface area contributed by atoms with E-state index in [0.29, 0.717) is 18.5 Å². The lowest BCUT2D eigenvalue weighted by molar-refractivity contribution is 0.338. The largest absolute Gasteiger partial charge is 0.367 e. The molecule has 2 N–H and O–H groups in total. The van der Waals surface area contributed by atoms with Crippen molar-refractivity contribution in [3.63, 3.8) is 0 Å². The van der Waals surface area contributed by atoms with Gasteiger partial charge in [-0.3, -0.25) is 0 Å². The zero-order chi connectivity index (χ0) is 13.6. The summed E-state index contributed by atoms with van der Waals surface area (Å²) in [7, 11) is 0. The third-order valence-electron chi connectivity index (χ3n) is 3.55. The monoisotopic (exact) mass is 263 g/mol. The number of fused-ring (bicyclic) bond motifs is 1. The molecule has 1 aliphatic carbocycles. The van der Waals surface area contributed by atoms with Crippen molar-refractivity contribution in [3.05, 3.63) is 23.3 Å². The highest BCUT2D eigenvalue weighted by molar-refractivity contribution is 5.58. The summed E-state index contributed by atoms with van der Waals surface area (Å²) in [5, 5.41) is 13.1. The van der Waals surface area contributed by atoms with Gasteiger partial charge in [0.2, 0.25) is 5.95 Å². The Morgan fingerprint density at radius 2 is 2.26 bits per heavy atom. The topological polar surface area (TPSA) is 80.0 Å². The molecule has 2 atom stereocenters. The maximum absolute atomic E-state index is 14.1. The third-order valence-corrected chi connectivity index (χ3v) is 3.55. The molecule has 2 aromatic rings. The molecule has 19 heavy (non-hydrogen) atoms. The number of halogens is 2. The molecule has 0 aromatic carbocycles. The highest BCUT2D eigenvalue weighted by Crippen LogP contribution is 2.39. The number of nitrogens with two attached hydrogens (primary N) is 1. The molecule has 0 aliphatic heterocycles. The van der Waals surface area contributed by atoms with Gasteiger partial charge in [0.25, 0.3) is 0 Å². The van der Waals surface area contributed by atoms with E-state index in [1.165, 1.54) is 10.7 Å². The standard InChI is InChI=1S/C12H11F2N5/c13-7-2-1-6(3-7)11-8(4-15)10(14)9-5-17-12(16)18-19(9)11/h5-7H,1-3H2,(H2,16,18). The second kappa shape index (κ2) is 4.16. The first kappa shape index (κ1) is 11.8. The molecule has 98 valence electrons. The van der Waals surface area contributed by atoms with Gasteiger partial charge in [-0.15, -0.1) is 5.10 Å². The van der Waals surface area contributed by atoms with Crippen LogP contribution in [0.5, 0.6) is 0 Å². The summed E-state index contributed by atoms with van der Waals surface area (Å²) >= 11 is 0. The number of rotatable bonds is 1. The third kappa shape index (κ3) is 1.71. The van der Waals surface area contributed by atoms with Crippen LogP contribution < -0.4 is 5.73 Å². The Hall–Kier alpha value is -2.23. The number of aromatic nitrogens is 3. The number of anilines is 1. The highest BCUT2D eigenvalue weighted by Gasteiger charge is 2.32. The van der Waals surface area contributed by atoms with Gasteiger partial charge in [-0.05, 0) is 19.3 Å².